The van der Waals surface area contributed by atoms with Crippen molar-refractivity contribution in [1.82, 2.24) is 9.88 Å². The molecule has 1 fully saturated rings. The number of ether oxygens (including phenoxy) is 1. The monoisotopic (exact) mass is 276 g/mol. The van der Waals surface area contributed by atoms with Gasteiger partial charge >= 0.3 is 0 Å². The third-order valence-electron chi connectivity index (χ3n) is 3.37. The second-order valence-corrected chi connectivity index (χ2v) is 5.11. The fraction of sp³-hybridized carbons (Fsp3) is 0.533. The maximum Gasteiger partial charge on any atom is 0.223 e. The summed E-state index contributed by atoms with van der Waals surface area (Å²) < 4.78 is 5.86. The summed E-state index contributed by atoms with van der Waals surface area (Å²) in [5.41, 5.74) is 0. The highest BCUT2D eigenvalue weighted by molar-refractivity contribution is 5.83. The number of piperidine rings is 1. The van der Waals surface area contributed by atoms with Crippen molar-refractivity contribution in [3.8, 4) is 5.75 Å². The van der Waals surface area contributed by atoms with Crippen molar-refractivity contribution in [1.29, 1.82) is 0 Å². The van der Waals surface area contributed by atoms with Gasteiger partial charge in [-0.2, -0.15) is 0 Å². The van der Waals surface area contributed by atoms with Gasteiger partial charge in [0.25, 0.3) is 0 Å². The fourth-order valence-corrected chi connectivity index (χ4v) is 2.31. The zero-order chi connectivity index (χ0) is 14.4. The molecule has 0 bridgehead atoms. The van der Waals surface area contributed by atoms with Crippen LogP contribution in [0.4, 0.5) is 0 Å². The third kappa shape index (κ3) is 4.33. The average molecular weight is 276 g/mol. The molecular weight excluding hydrogens is 256 g/mol. The van der Waals surface area contributed by atoms with E-state index in [0.29, 0.717) is 19.4 Å². The lowest BCUT2D eigenvalue weighted by atomic mass is 10.1. The molecule has 0 radical (unpaired) electrons. The van der Waals surface area contributed by atoms with Crippen LogP contribution in [0.25, 0.3) is 0 Å². The lowest BCUT2D eigenvalue weighted by Crippen LogP contribution is -2.44. The Labute approximate surface area is 118 Å². The van der Waals surface area contributed by atoms with Gasteiger partial charge in [0.1, 0.15) is 17.6 Å². The predicted molar refractivity (Wildman–Crippen MR) is 74.4 cm³/mol. The van der Waals surface area contributed by atoms with E-state index in [1.807, 2.05) is 12.1 Å². The molecule has 0 aromatic carbocycles. The fourth-order valence-electron chi connectivity index (χ4n) is 2.31. The van der Waals surface area contributed by atoms with Crippen LogP contribution in [-0.4, -0.2) is 40.8 Å². The summed E-state index contributed by atoms with van der Waals surface area (Å²) in [6, 6.07) is 3.63. The molecule has 0 spiro atoms. The van der Waals surface area contributed by atoms with E-state index in [0.717, 1.165) is 25.1 Å². The number of Topliss-reactive ketones (excluding diaryl/α,β-unsaturated/α-hetero) is 1. The molecule has 1 unspecified atom stereocenters. The Kier molecular flexibility index (Phi) is 5.09. The molecule has 1 atom stereocenters. The molecule has 1 aliphatic heterocycles. The number of carbonyl (C=O) groups is 2. The predicted octanol–water partition coefficient (Wildman–Crippen LogP) is 1.82. The van der Waals surface area contributed by atoms with E-state index < -0.39 is 0 Å². The van der Waals surface area contributed by atoms with Crippen LogP contribution in [0, 0.1) is 0 Å². The van der Waals surface area contributed by atoms with Gasteiger partial charge < -0.3 is 14.4 Å². The van der Waals surface area contributed by atoms with E-state index in [2.05, 4.69) is 4.98 Å². The minimum Gasteiger partial charge on any atom is -0.488 e. The van der Waals surface area contributed by atoms with Crippen LogP contribution in [-0.2, 0) is 9.59 Å². The number of hydrogen-bond acceptors (Lipinski definition) is 4. The molecule has 5 nitrogen and oxygen atoms in total. The Morgan fingerprint density at radius 1 is 1.35 bits per heavy atom. The van der Waals surface area contributed by atoms with Gasteiger partial charge in [0.2, 0.25) is 5.91 Å². The topological polar surface area (TPSA) is 59.5 Å². The maximum atomic E-state index is 12.0. The second-order valence-electron chi connectivity index (χ2n) is 5.11. The van der Waals surface area contributed by atoms with E-state index in [4.69, 9.17) is 4.74 Å². The molecule has 2 rings (SSSR count). The van der Waals surface area contributed by atoms with Gasteiger partial charge in [0, 0.05) is 31.8 Å². The number of carbonyl (C=O) groups excluding carboxylic acids is 2. The molecule has 108 valence electrons. The largest absolute Gasteiger partial charge is 0.488 e. The van der Waals surface area contributed by atoms with Gasteiger partial charge in [0.15, 0.2) is 0 Å². The number of amides is 1. The van der Waals surface area contributed by atoms with E-state index in [1.54, 1.807) is 17.3 Å². The molecule has 5 heteroatoms. The number of hydrogen-bond donors (Lipinski definition) is 0. The highest BCUT2D eigenvalue weighted by Crippen LogP contribution is 2.18. The SMILES string of the molecule is CC(=O)CCC(=O)N1CCCC(Oc2ccncc2)C1. The summed E-state index contributed by atoms with van der Waals surface area (Å²) in [5.74, 6) is 0.881. The van der Waals surface area contributed by atoms with Crippen molar-refractivity contribution in [3.05, 3.63) is 24.5 Å². The molecule has 2 heterocycles. The first-order valence-electron chi connectivity index (χ1n) is 6.99. The lowest BCUT2D eigenvalue weighted by molar-refractivity contribution is -0.135. The molecule has 1 aliphatic rings. The van der Waals surface area contributed by atoms with E-state index in [9.17, 15) is 9.59 Å². The highest BCUT2D eigenvalue weighted by Gasteiger charge is 2.24. The van der Waals surface area contributed by atoms with Gasteiger partial charge in [-0.1, -0.05) is 0 Å². The molecule has 0 aliphatic carbocycles. The molecule has 1 aromatic heterocycles. The Balaban J connectivity index is 1.85. The quantitative estimate of drug-likeness (QED) is 0.823. The zero-order valence-corrected chi connectivity index (χ0v) is 11.7. The lowest BCUT2D eigenvalue weighted by Gasteiger charge is -2.33. The summed E-state index contributed by atoms with van der Waals surface area (Å²) in [7, 11) is 0. The summed E-state index contributed by atoms with van der Waals surface area (Å²) in [6.45, 7) is 2.87. The number of ketones is 1. The second kappa shape index (κ2) is 7.03. The van der Waals surface area contributed by atoms with E-state index >= 15 is 0 Å². The molecular formula is C15H20N2O3. The Bertz CT molecular complexity index is 461. The molecule has 1 saturated heterocycles. The van der Waals surface area contributed by atoms with Crippen molar-refractivity contribution < 1.29 is 14.3 Å². The Morgan fingerprint density at radius 2 is 2.10 bits per heavy atom. The van der Waals surface area contributed by atoms with Crippen molar-refractivity contribution in [3.63, 3.8) is 0 Å². The van der Waals surface area contributed by atoms with Crippen LogP contribution in [0.3, 0.4) is 0 Å². The smallest absolute Gasteiger partial charge is 0.223 e. The van der Waals surface area contributed by atoms with Crippen LogP contribution in [0.5, 0.6) is 5.75 Å². The first-order valence-corrected chi connectivity index (χ1v) is 6.99. The van der Waals surface area contributed by atoms with Gasteiger partial charge in [-0.15, -0.1) is 0 Å². The minimum atomic E-state index is 0.0208. The number of nitrogens with zero attached hydrogens (tertiary/aromatic N) is 2. The molecule has 1 aromatic rings. The zero-order valence-electron chi connectivity index (χ0n) is 11.7. The van der Waals surface area contributed by atoms with Crippen LogP contribution >= 0.6 is 0 Å². The van der Waals surface area contributed by atoms with Crippen molar-refractivity contribution in [2.24, 2.45) is 0 Å². The summed E-state index contributed by atoms with van der Waals surface area (Å²) in [4.78, 5) is 28.7. The van der Waals surface area contributed by atoms with Crippen LogP contribution in [0.15, 0.2) is 24.5 Å². The molecule has 0 saturated carbocycles. The van der Waals surface area contributed by atoms with Crippen LogP contribution in [0.2, 0.25) is 0 Å². The number of rotatable bonds is 5. The van der Waals surface area contributed by atoms with Gasteiger partial charge in [-0.05, 0) is 31.9 Å². The first kappa shape index (κ1) is 14.5. The van der Waals surface area contributed by atoms with Crippen molar-refractivity contribution >= 4 is 11.7 Å². The number of aromatic nitrogens is 1. The van der Waals surface area contributed by atoms with Gasteiger partial charge in [-0.3, -0.25) is 9.78 Å². The third-order valence-corrected chi connectivity index (χ3v) is 3.37. The minimum absolute atomic E-state index is 0.0208. The van der Waals surface area contributed by atoms with Crippen molar-refractivity contribution in [2.45, 2.75) is 38.7 Å². The number of likely N-dealkylation sites (tertiary alicyclic amines) is 1. The van der Waals surface area contributed by atoms with Crippen LogP contribution < -0.4 is 4.74 Å². The number of pyridine rings is 1. The first-order chi connectivity index (χ1) is 9.65. The Morgan fingerprint density at radius 3 is 2.80 bits per heavy atom. The Hall–Kier alpha value is -1.91. The van der Waals surface area contributed by atoms with Crippen molar-refractivity contribution in [2.75, 3.05) is 13.1 Å². The van der Waals surface area contributed by atoms with E-state index in [-0.39, 0.29) is 17.8 Å². The summed E-state index contributed by atoms with van der Waals surface area (Å²) in [6.07, 6.45) is 5.90. The molecule has 20 heavy (non-hydrogen) atoms. The van der Waals surface area contributed by atoms with Crippen LogP contribution in [0.1, 0.15) is 32.6 Å². The normalized spacial score (nSPS) is 18.6. The summed E-state index contributed by atoms with van der Waals surface area (Å²) >= 11 is 0. The maximum absolute atomic E-state index is 12.0. The highest BCUT2D eigenvalue weighted by atomic mass is 16.5. The van der Waals surface area contributed by atoms with Gasteiger partial charge in [-0.25, -0.2) is 0 Å². The van der Waals surface area contributed by atoms with Gasteiger partial charge in [0.05, 0.1) is 6.54 Å². The molecule has 1 amide bonds. The standard InChI is InChI=1S/C15H20N2O3/c1-12(18)4-5-15(19)17-10-2-3-14(11-17)20-13-6-8-16-9-7-13/h6-9,14H,2-5,10-11H2,1H3. The summed E-state index contributed by atoms with van der Waals surface area (Å²) in [5, 5.41) is 0. The van der Waals surface area contributed by atoms with E-state index in [1.165, 1.54) is 6.92 Å². The average Bonchev–Trinajstić information content (AvgIpc) is 2.46. The molecule has 0 N–H and O–H groups in total.